The van der Waals surface area contributed by atoms with Gasteiger partial charge >= 0.3 is 0 Å². The van der Waals surface area contributed by atoms with Crippen molar-refractivity contribution in [2.45, 2.75) is 6.42 Å². The molecule has 0 saturated carbocycles. The largest absolute Gasteiger partial charge is 0.326 e. The Labute approximate surface area is 194 Å². The second-order valence-corrected chi connectivity index (χ2v) is 8.01. The second-order valence-electron chi connectivity index (χ2n) is 7.11. The van der Waals surface area contributed by atoms with Crippen molar-refractivity contribution in [2.24, 2.45) is 0 Å². The average Bonchev–Trinajstić information content (AvgIpc) is 3.33. The first kappa shape index (κ1) is 21.9. The van der Waals surface area contributed by atoms with Crippen molar-refractivity contribution < 1.29 is 14.4 Å². The van der Waals surface area contributed by atoms with Crippen molar-refractivity contribution in [3.05, 3.63) is 107 Å². The lowest BCUT2D eigenvalue weighted by molar-refractivity contribution is -0.115. The lowest BCUT2D eigenvalue weighted by atomic mass is 10.1. The zero-order valence-electron chi connectivity index (χ0n) is 17.4. The minimum Gasteiger partial charge on any atom is -0.326 e. The number of anilines is 3. The number of nitrogens with one attached hydrogen (secondary N) is 3. The van der Waals surface area contributed by atoms with Crippen molar-refractivity contribution in [3.63, 3.8) is 0 Å². The van der Waals surface area contributed by atoms with Gasteiger partial charge < -0.3 is 10.6 Å². The molecule has 4 aromatic rings. The van der Waals surface area contributed by atoms with Gasteiger partial charge in [0.05, 0.1) is 6.42 Å². The van der Waals surface area contributed by atoms with Gasteiger partial charge in [-0.15, -0.1) is 11.3 Å². The predicted octanol–water partition coefficient (Wildman–Crippen LogP) is 4.83. The first-order valence-electron chi connectivity index (χ1n) is 10.1. The van der Waals surface area contributed by atoms with Gasteiger partial charge in [-0.1, -0.05) is 30.3 Å². The number of thiazole rings is 1. The third-order valence-corrected chi connectivity index (χ3v) is 5.38. The number of amides is 3. The van der Waals surface area contributed by atoms with Crippen LogP contribution >= 0.6 is 11.3 Å². The number of aromatic nitrogens is 1. The second kappa shape index (κ2) is 10.3. The van der Waals surface area contributed by atoms with E-state index in [0.717, 1.165) is 5.56 Å². The molecule has 0 saturated heterocycles. The summed E-state index contributed by atoms with van der Waals surface area (Å²) in [7, 11) is 0. The Bertz CT molecular complexity index is 1240. The number of nitrogens with zero attached hydrogens (tertiary/aromatic N) is 1. The van der Waals surface area contributed by atoms with E-state index in [9.17, 15) is 14.4 Å². The lowest BCUT2D eigenvalue weighted by Crippen LogP contribution is -2.15. The molecule has 0 aliphatic rings. The summed E-state index contributed by atoms with van der Waals surface area (Å²) in [5.41, 5.74) is 3.01. The van der Waals surface area contributed by atoms with Crippen molar-refractivity contribution >= 4 is 45.6 Å². The molecule has 3 aromatic carbocycles. The summed E-state index contributed by atoms with van der Waals surface area (Å²) >= 11 is 1.34. The summed E-state index contributed by atoms with van der Waals surface area (Å²) in [6.07, 6.45) is 1.89. The van der Waals surface area contributed by atoms with E-state index in [1.54, 1.807) is 60.1 Å². The van der Waals surface area contributed by atoms with Crippen molar-refractivity contribution in [1.29, 1.82) is 0 Å². The Balaban J connectivity index is 1.31. The molecule has 33 heavy (non-hydrogen) atoms. The summed E-state index contributed by atoms with van der Waals surface area (Å²) in [5.74, 6) is -0.692. The molecule has 0 spiro atoms. The van der Waals surface area contributed by atoms with Crippen LogP contribution in [0.4, 0.5) is 16.5 Å². The molecule has 0 unspecified atom stereocenters. The van der Waals surface area contributed by atoms with Crippen LogP contribution in [-0.2, 0) is 11.2 Å². The van der Waals surface area contributed by atoms with E-state index in [2.05, 4.69) is 20.9 Å². The van der Waals surface area contributed by atoms with Crippen LogP contribution in [0.25, 0.3) is 0 Å². The number of hydrogen-bond acceptors (Lipinski definition) is 5. The normalized spacial score (nSPS) is 10.3. The standard InChI is InChI=1S/C25H20N4O3S/c30-22(16-17-4-2-1-3-5-17)27-20-10-6-18(7-11-20)23(31)28-21-12-8-19(9-13-21)24(32)29-25-26-14-15-33-25/h1-15H,16H2,(H,27,30)(H,28,31)(H,26,29,32). The molecule has 0 fully saturated rings. The quantitative estimate of drug-likeness (QED) is 0.371. The summed E-state index contributed by atoms with van der Waals surface area (Å²) in [5, 5.41) is 10.6. The molecule has 3 amide bonds. The molecule has 1 aromatic heterocycles. The van der Waals surface area contributed by atoms with Gasteiger partial charge in [-0.3, -0.25) is 19.7 Å². The maximum atomic E-state index is 12.5. The van der Waals surface area contributed by atoms with Gasteiger partial charge in [0, 0.05) is 34.1 Å². The summed E-state index contributed by atoms with van der Waals surface area (Å²) in [4.78, 5) is 41.0. The molecular formula is C25H20N4O3S. The summed E-state index contributed by atoms with van der Waals surface area (Å²) in [6.45, 7) is 0. The van der Waals surface area contributed by atoms with Gasteiger partial charge in [-0.2, -0.15) is 0 Å². The van der Waals surface area contributed by atoms with Gasteiger partial charge in [0.2, 0.25) is 5.91 Å². The van der Waals surface area contributed by atoms with Crippen molar-refractivity contribution in [1.82, 2.24) is 4.98 Å². The van der Waals surface area contributed by atoms with Crippen LogP contribution in [0.1, 0.15) is 26.3 Å². The van der Waals surface area contributed by atoms with Gasteiger partial charge in [0.25, 0.3) is 11.8 Å². The van der Waals surface area contributed by atoms with Crippen LogP contribution in [0.2, 0.25) is 0 Å². The molecule has 4 rings (SSSR count). The number of hydrogen-bond donors (Lipinski definition) is 3. The van der Waals surface area contributed by atoms with Crippen LogP contribution in [0.5, 0.6) is 0 Å². The number of rotatable bonds is 7. The Morgan fingerprint density at radius 3 is 1.85 bits per heavy atom. The Morgan fingerprint density at radius 1 is 0.697 bits per heavy atom. The maximum Gasteiger partial charge on any atom is 0.257 e. The topological polar surface area (TPSA) is 100 Å². The summed E-state index contributed by atoms with van der Waals surface area (Å²) in [6, 6.07) is 22.7. The van der Waals surface area contributed by atoms with E-state index in [4.69, 9.17) is 0 Å². The monoisotopic (exact) mass is 456 g/mol. The highest BCUT2D eigenvalue weighted by atomic mass is 32.1. The smallest absolute Gasteiger partial charge is 0.257 e. The Morgan fingerprint density at radius 2 is 1.27 bits per heavy atom. The van der Waals surface area contributed by atoms with Crippen LogP contribution in [0.15, 0.2) is 90.4 Å². The predicted molar refractivity (Wildman–Crippen MR) is 130 cm³/mol. The molecule has 0 aliphatic heterocycles. The van der Waals surface area contributed by atoms with E-state index in [1.165, 1.54) is 11.3 Å². The fraction of sp³-hybridized carbons (Fsp3) is 0.0400. The molecule has 164 valence electrons. The highest BCUT2D eigenvalue weighted by molar-refractivity contribution is 7.13. The minimum atomic E-state index is -0.294. The fourth-order valence-corrected chi connectivity index (χ4v) is 3.58. The van der Waals surface area contributed by atoms with E-state index < -0.39 is 0 Å². The summed E-state index contributed by atoms with van der Waals surface area (Å²) < 4.78 is 0. The zero-order chi connectivity index (χ0) is 23.0. The first-order valence-corrected chi connectivity index (χ1v) is 11.0. The van der Waals surface area contributed by atoms with Crippen molar-refractivity contribution in [3.8, 4) is 0 Å². The molecule has 7 nitrogen and oxygen atoms in total. The van der Waals surface area contributed by atoms with Crippen LogP contribution in [-0.4, -0.2) is 22.7 Å². The fourth-order valence-electron chi connectivity index (χ4n) is 3.05. The molecule has 8 heteroatoms. The molecule has 3 N–H and O–H groups in total. The van der Waals surface area contributed by atoms with Crippen LogP contribution in [0, 0.1) is 0 Å². The van der Waals surface area contributed by atoms with Gasteiger partial charge in [0.1, 0.15) is 0 Å². The Hall–Kier alpha value is -4.30. The van der Waals surface area contributed by atoms with E-state index in [-0.39, 0.29) is 24.1 Å². The van der Waals surface area contributed by atoms with E-state index >= 15 is 0 Å². The lowest BCUT2D eigenvalue weighted by Gasteiger charge is -2.08. The maximum absolute atomic E-state index is 12.5. The molecular weight excluding hydrogens is 436 g/mol. The molecule has 0 bridgehead atoms. The van der Waals surface area contributed by atoms with Crippen LogP contribution in [0.3, 0.4) is 0 Å². The van der Waals surface area contributed by atoms with Crippen LogP contribution < -0.4 is 16.0 Å². The van der Waals surface area contributed by atoms with Gasteiger partial charge in [-0.25, -0.2) is 4.98 Å². The number of carbonyl (C=O) groups is 3. The molecule has 0 atom stereocenters. The third-order valence-electron chi connectivity index (χ3n) is 4.70. The van der Waals surface area contributed by atoms with Gasteiger partial charge in [0.15, 0.2) is 5.13 Å². The zero-order valence-corrected chi connectivity index (χ0v) is 18.3. The van der Waals surface area contributed by atoms with E-state index in [0.29, 0.717) is 27.6 Å². The number of carbonyl (C=O) groups excluding carboxylic acids is 3. The highest BCUT2D eigenvalue weighted by Gasteiger charge is 2.10. The highest BCUT2D eigenvalue weighted by Crippen LogP contribution is 2.16. The van der Waals surface area contributed by atoms with Gasteiger partial charge in [-0.05, 0) is 54.1 Å². The molecule has 0 radical (unpaired) electrons. The third kappa shape index (κ3) is 6.11. The van der Waals surface area contributed by atoms with E-state index in [1.807, 2.05) is 30.3 Å². The number of benzene rings is 3. The Kier molecular flexibility index (Phi) is 6.87. The minimum absolute atomic E-state index is 0.127. The molecule has 0 aliphatic carbocycles. The molecule has 1 heterocycles. The first-order chi connectivity index (χ1) is 16.1. The van der Waals surface area contributed by atoms with Crippen molar-refractivity contribution in [2.75, 3.05) is 16.0 Å². The SMILES string of the molecule is O=C(Cc1ccccc1)Nc1ccc(C(=O)Nc2ccc(C(=O)Nc3nccs3)cc2)cc1. The average molecular weight is 457 g/mol.